The number of nitro groups is 1. The minimum Gasteiger partial charge on any atom is -0.478 e. The van der Waals surface area contributed by atoms with Gasteiger partial charge < -0.3 is 15.2 Å². The summed E-state index contributed by atoms with van der Waals surface area (Å²) in [4.78, 5) is 21.2. The molecule has 1 saturated heterocycles. The third kappa shape index (κ3) is 3.27. The van der Waals surface area contributed by atoms with E-state index >= 15 is 0 Å². The van der Waals surface area contributed by atoms with Crippen LogP contribution in [0.2, 0.25) is 0 Å². The molecule has 0 radical (unpaired) electrons. The van der Waals surface area contributed by atoms with Gasteiger partial charge in [-0.25, -0.2) is 9.18 Å². The first-order valence-electron chi connectivity index (χ1n) is 6.49. The molecule has 7 nitrogen and oxygen atoms in total. The van der Waals surface area contributed by atoms with E-state index in [1.807, 2.05) is 0 Å². The zero-order chi connectivity index (χ0) is 15.6. The molecule has 8 heteroatoms. The molecule has 1 aliphatic rings. The van der Waals surface area contributed by atoms with Crippen molar-refractivity contribution in [3.63, 3.8) is 0 Å². The van der Waals surface area contributed by atoms with Gasteiger partial charge in [0, 0.05) is 12.6 Å². The first-order valence-corrected chi connectivity index (χ1v) is 6.49. The molecule has 2 atom stereocenters. The summed E-state index contributed by atoms with van der Waals surface area (Å²) in [5.74, 6) is -2.61. The van der Waals surface area contributed by atoms with Gasteiger partial charge in [0.25, 0.3) is 5.69 Å². The van der Waals surface area contributed by atoms with Crippen LogP contribution in [0.1, 0.15) is 30.1 Å². The molecule has 0 saturated carbocycles. The predicted molar refractivity (Wildman–Crippen MR) is 72.1 cm³/mol. The second kappa shape index (κ2) is 6.04. The van der Waals surface area contributed by atoms with E-state index in [9.17, 15) is 19.3 Å². The zero-order valence-electron chi connectivity index (χ0n) is 11.3. The van der Waals surface area contributed by atoms with Crippen LogP contribution in [-0.2, 0) is 4.74 Å². The van der Waals surface area contributed by atoms with E-state index in [0.717, 1.165) is 18.9 Å². The summed E-state index contributed by atoms with van der Waals surface area (Å²) in [7, 11) is 0. The number of nitrogens with one attached hydrogen (secondary N) is 1. The molecule has 1 aromatic rings. The highest BCUT2D eigenvalue weighted by Crippen LogP contribution is 2.30. The highest BCUT2D eigenvalue weighted by atomic mass is 19.1. The van der Waals surface area contributed by atoms with Gasteiger partial charge in [0.05, 0.1) is 22.7 Å². The number of hydrogen-bond acceptors (Lipinski definition) is 5. The Morgan fingerprint density at radius 3 is 2.86 bits per heavy atom. The molecule has 0 amide bonds. The molecular formula is C13H15FN2O5. The number of carboxylic acid groups (broad SMARTS) is 1. The Labute approximate surface area is 119 Å². The summed E-state index contributed by atoms with van der Waals surface area (Å²) in [5.41, 5.74) is -1.13. The fraction of sp³-hybridized carbons (Fsp3) is 0.462. The quantitative estimate of drug-likeness (QED) is 0.639. The third-order valence-corrected chi connectivity index (χ3v) is 3.42. The van der Waals surface area contributed by atoms with Crippen LogP contribution >= 0.6 is 0 Å². The number of ether oxygens (including phenoxy) is 1. The van der Waals surface area contributed by atoms with Crippen molar-refractivity contribution >= 4 is 17.3 Å². The lowest BCUT2D eigenvalue weighted by Crippen LogP contribution is -2.30. The first-order chi connectivity index (χ1) is 9.90. The van der Waals surface area contributed by atoms with Gasteiger partial charge >= 0.3 is 5.97 Å². The van der Waals surface area contributed by atoms with Gasteiger partial charge in [-0.15, -0.1) is 0 Å². The van der Waals surface area contributed by atoms with Crippen molar-refractivity contribution in [2.24, 2.45) is 0 Å². The fourth-order valence-corrected chi connectivity index (χ4v) is 2.33. The molecule has 21 heavy (non-hydrogen) atoms. The summed E-state index contributed by atoms with van der Waals surface area (Å²) in [6.45, 7) is 2.41. The average molecular weight is 298 g/mol. The Morgan fingerprint density at radius 2 is 2.33 bits per heavy atom. The van der Waals surface area contributed by atoms with Gasteiger partial charge in [-0.05, 0) is 25.8 Å². The molecular weight excluding hydrogens is 283 g/mol. The number of carboxylic acids is 1. The van der Waals surface area contributed by atoms with E-state index in [-0.39, 0.29) is 17.8 Å². The molecule has 1 heterocycles. The maximum Gasteiger partial charge on any atom is 0.338 e. The van der Waals surface area contributed by atoms with E-state index in [1.165, 1.54) is 0 Å². The van der Waals surface area contributed by atoms with Gasteiger partial charge in [-0.1, -0.05) is 0 Å². The van der Waals surface area contributed by atoms with Crippen molar-refractivity contribution in [1.29, 1.82) is 0 Å². The Bertz CT molecular complexity index is 572. The number of hydrogen-bond donors (Lipinski definition) is 2. The number of carbonyl (C=O) groups is 1. The van der Waals surface area contributed by atoms with E-state index in [4.69, 9.17) is 9.84 Å². The number of aromatic carboxylic acids is 1. The van der Waals surface area contributed by atoms with Crippen LogP contribution in [0.25, 0.3) is 0 Å². The van der Waals surface area contributed by atoms with Crippen molar-refractivity contribution in [3.05, 3.63) is 33.6 Å². The number of anilines is 1. The standard InChI is InChI=1S/C13H15FN2O5/c1-7(12-3-2-4-21-12)15-10-5-8(13(17)18)9(14)6-11(10)16(19)20/h5-7,12,15H,2-4H2,1H3,(H,17,18). The smallest absolute Gasteiger partial charge is 0.338 e. The maximum atomic E-state index is 13.5. The summed E-state index contributed by atoms with van der Waals surface area (Å²) >= 11 is 0. The number of halogens is 1. The lowest BCUT2D eigenvalue weighted by atomic mass is 10.1. The van der Waals surface area contributed by atoms with Crippen molar-refractivity contribution in [2.45, 2.75) is 31.9 Å². The topological polar surface area (TPSA) is 102 Å². The molecule has 0 aliphatic carbocycles. The zero-order valence-corrected chi connectivity index (χ0v) is 11.3. The lowest BCUT2D eigenvalue weighted by Gasteiger charge is -2.21. The molecule has 2 rings (SSSR count). The van der Waals surface area contributed by atoms with Crippen molar-refractivity contribution in [2.75, 3.05) is 11.9 Å². The van der Waals surface area contributed by atoms with Crippen LogP contribution in [-0.4, -0.2) is 34.8 Å². The van der Waals surface area contributed by atoms with E-state index in [0.29, 0.717) is 12.7 Å². The second-order valence-corrected chi connectivity index (χ2v) is 4.90. The Morgan fingerprint density at radius 1 is 1.62 bits per heavy atom. The van der Waals surface area contributed by atoms with Crippen LogP contribution < -0.4 is 5.32 Å². The summed E-state index contributed by atoms with van der Waals surface area (Å²) < 4.78 is 19.0. The molecule has 0 bridgehead atoms. The highest BCUT2D eigenvalue weighted by molar-refractivity contribution is 5.90. The molecule has 0 spiro atoms. The van der Waals surface area contributed by atoms with Gasteiger partial charge in [0.1, 0.15) is 11.5 Å². The summed E-state index contributed by atoms with van der Waals surface area (Å²) in [5, 5.41) is 22.7. The van der Waals surface area contributed by atoms with Crippen LogP contribution in [0.3, 0.4) is 0 Å². The van der Waals surface area contributed by atoms with Gasteiger partial charge in [-0.2, -0.15) is 0 Å². The molecule has 1 fully saturated rings. The van der Waals surface area contributed by atoms with Gasteiger partial charge in [0.2, 0.25) is 0 Å². The van der Waals surface area contributed by atoms with E-state index < -0.39 is 28.0 Å². The maximum absolute atomic E-state index is 13.5. The molecule has 0 aromatic heterocycles. The fourth-order valence-electron chi connectivity index (χ4n) is 2.33. The average Bonchev–Trinajstić information content (AvgIpc) is 2.93. The molecule has 114 valence electrons. The third-order valence-electron chi connectivity index (χ3n) is 3.42. The monoisotopic (exact) mass is 298 g/mol. The molecule has 1 aliphatic heterocycles. The van der Waals surface area contributed by atoms with Crippen molar-refractivity contribution in [1.82, 2.24) is 0 Å². The Kier molecular flexibility index (Phi) is 4.37. The number of nitro benzene ring substituents is 1. The van der Waals surface area contributed by atoms with Crippen LogP contribution in [0.5, 0.6) is 0 Å². The van der Waals surface area contributed by atoms with E-state index in [2.05, 4.69) is 5.32 Å². The summed E-state index contributed by atoms with van der Waals surface area (Å²) in [6, 6.07) is 1.31. The lowest BCUT2D eigenvalue weighted by molar-refractivity contribution is -0.384. The number of nitrogens with zero attached hydrogens (tertiary/aromatic N) is 1. The number of rotatable bonds is 5. The normalized spacial score (nSPS) is 19.2. The van der Waals surface area contributed by atoms with Gasteiger partial charge in [0.15, 0.2) is 0 Å². The second-order valence-electron chi connectivity index (χ2n) is 4.90. The minimum atomic E-state index is -1.48. The molecule has 1 aromatic carbocycles. The van der Waals surface area contributed by atoms with Crippen molar-refractivity contribution in [3.8, 4) is 0 Å². The minimum absolute atomic E-state index is 0.0261. The summed E-state index contributed by atoms with van der Waals surface area (Å²) in [6.07, 6.45) is 1.61. The largest absolute Gasteiger partial charge is 0.478 e. The van der Waals surface area contributed by atoms with Crippen LogP contribution in [0.4, 0.5) is 15.8 Å². The first kappa shape index (κ1) is 15.2. The SMILES string of the molecule is CC(Nc1cc(C(=O)O)c(F)cc1[N+](=O)[O-])C1CCCO1. The highest BCUT2D eigenvalue weighted by Gasteiger charge is 2.27. The number of benzene rings is 1. The predicted octanol–water partition coefficient (Wildman–Crippen LogP) is 2.41. The molecule has 2 unspecified atom stereocenters. The van der Waals surface area contributed by atoms with E-state index in [1.54, 1.807) is 6.92 Å². The van der Waals surface area contributed by atoms with Gasteiger partial charge in [-0.3, -0.25) is 10.1 Å². The Hall–Kier alpha value is -2.22. The van der Waals surface area contributed by atoms with Crippen LogP contribution in [0, 0.1) is 15.9 Å². The Balaban J connectivity index is 2.32. The molecule has 2 N–H and O–H groups in total. The van der Waals surface area contributed by atoms with Crippen LogP contribution in [0.15, 0.2) is 12.1 Å². The van der Waals surface area contributed by atoms with Crippen molar-refractivity contribution < 1.29 is 24.0 Å².